The largest absolute Gasteiger partial charge is 0.432 e. The van der Waals surface area contributed by atoms with Gasteiger partial charge in [0, 0.05) is 5.56 Å². The second-order valence-electron chi connectivity index (χ2n) is 7.79. The number of alkyl halides is 2. The molecule has 0 aliphatic carbocycles. The molecule has 0 aliphatic heterocycles. The number of ether oxygens (including phenoxy) is 1. The summed E-state index contributed by atoms with van der Waals surface area (Å²) in [5.74, 6) is -14.0. The van der Waals surface area contributed by atoms with Crippen LogP contribution in [0.1, 0.15) is 11.1 Å². The van der Waals surface area contributed by atoms with Crippen LogP contribution < -0.4 is 4.74 Å². The molecule has 0 unspecified atom stereocenters. The first kappa shape index (κ1) is 25.2. The minimum atomic E-state index is -4.79. The van der Waals surface area contributed by atoms with E-state index in [9.17, 15) is 39.5 Å². The van der Waals surface area contributed by atoms with Gasteiger partial charge in [-0.25, -0.2) is 26.3 Å². The monoisotopic (exact) mass is 512 g/mol. The molecule has 0 heterocycles. The van der Waals surface area contributed by atoms with Crippen molar-refractivity contribution in [1.29, 1.82) is 0 Å². The normalized spacial score (nSPS) is 11.6. The fourth-order valence-corrected chi connectivity index (χ4v) is 3.50. The zero-order valence-electron chi connectivity index (χ0n) is 18.1. The van der Waals surface area contributed by atoms with E-state index in [4.69, 9.17) is 0 Å². The van der Waals surface area contributed by atoms with Crippen molar-refractivity contribution in [2.75, 3.05) is 0 Å². The van der Waals surface area contributed by atoms with Crippen LogP contribution in [0.15, 0.2) is 60.7 Å². The van der Waals surface area contributed by atoms with Crippen LogP contribution in [0.2, 0.25) is 0 Å². The number of benzene rings is 4. The molecule has 0 bridgehead atoms. The van der Waals surface area contributed by atoms with E-state index in [1.54, 1.807) is 19.1 Å². The molecule has 4 rings (SSSR count). The predicted molar refractivity (Wildman–Crippen MR) is 113 cm³/mol. The molecule has 4 aromatic rings. The van der Waals surface area contributed by atoms with Gasteiger partial charge < -0.3 is 4.74 Å². The van der Waals surface area contributed by atoms with E-state index in [2.05, 4.69) is 4.74 Å². The molecule has 0 N–H and O–H groups in total. The molecule has 1 nitrogen and oxygen atoms in total. The summed E-state index contributed by atoms with van der Waals surface area (Å²) in [5, 5.41) is 0. The highest BCUT2D eigenvalue weighted by atomic mass is 19.3. The summed E-state index contributed by atoms with van der Waals surface area (Å²) in [4.78, 5) is 0. The third-order valence-corrected chi connectivity index (χ3v) is 5.30. The van der Waals surface area contributed by atoms with Crippen LogP contribution in [-0.2, 0) is 6.11 Å². The van der Waals surface area contributed by atoms with E-state index in [1.807, 2.05) is 0 Å². The zero-order valence-corrected chi connectivity index (χ0v) is 18.1. The molecule has 0 atom stereocenters. The Morgan fingerprint density at radius 1 is 0.556 bits per heavy atom. The highest BCUT2D eigenvalue weighted by Crippen LogP contribution is 2.39. The van der Waals surface area contributed by atoms with E-state index >= 15 is 0 Å². The smallest absolute Gasteiger partial charge is 0.425 e. The van der Waals surface area contributed by atoms with Gasteiger partial charge in [-0.15, -0.1) is 0 Å². The molecule has 0 radical (unpaired) electrons. The van der Waals surface area contributed by atoms with Crippen molar-refractivity contribution < 1.29 is 44.3 Å². The van der Waals surface area contributed by atoms with Gasteiger partial charge in [0.05, 0.1) is 0 Å². The second-order valence-corrected chi connectivity index (χ2v) is 7.79. The molecule has 36 heavy (non-hydrogen) atoms. The van der Waals surface area contributed by atoms with Crippen molar-refractivity contribution in [1.82, 2.24) is 0 Å². The van der Waals surface area contributed by atoms with E-state index < -0.39 is 69.3 Å². The van der Waals surface area contributed by atoms with Gasteiger partial charge in [-0.05, 0) is 60.0 Å². The number of halogens is 9. The van der Waals surface area contributed by atoms with Crippen molar-refractivity contribution in [3.05, 3.63) is 113 Å². The first-order valence-corrected chi connectivity index (χ1v) is 10.2. The fourth-order valence-electron chi connectivity index (χ4n) is 3.50. The molecule has 0 saturated heterocycles. The van der Waals surface area contributed by atoms with Crippen molar-refractivity contribution in [3.63, 3.8) is 0 Å². The summed E-state index contributed by atoms with van der Waals surface area (Å²) in [5.41, 5.74) is -2.14. The van der Waals surface area contributed by atoms with Gasteiger partial charge in [0.2, 0.25) is 5.82 Å². The molecule has 0 amide bonds. The van der Waals surface area contributed by atoms with Crippen molar-refractivity contribution in [2.45, 2.75) is 13.0 Å². The van der Waals surface area contributed by atoms with Gasteiger partial charge in [-0.2, -0.15) is 13.2 Å². The zero-order chi connectivity index (χ0) is 26.4. The number of rotatable bonds is 5. The lowest BCUT2D eigenvalue weighted by atomic mass is 10.0. The molecule has 0 aromatic heterocycles. The van der Waals surface area contributed by atoms with Gasteiger partial charge >= 0.3 is 6.11 Å². The maximum atomic E-state index is 14.7. The predicted octanol–water partition coefficient (Wildman–Crippen LogP) is 8.43. The molecule has 0 fully saturated rings. The van der Waals surface area contributed by atoms with Gasteiger partial charge in [0.1, 0.15) is 17.2 Å². The maximum absolute atomic E-state index is 14.7. The summed E-state index contributed by atoms with van der Waals surface area (Å²) in [6.45, 7) is 1.77. The minimum absolute atomic E-state index is 0.0510. The van der Waals surface area contributed by atoms with Crippen molar-refractivity contribution in [2.24, 2.45) is 0 Å². The molecule has 186 valence electrons. The standard InChI is InChI=1S/C26H13F9O/c1-12-2-4-13(5-3-12)14-8-17(27)22(18(28)9-14)26(34,35)36-21-7-6-16(23(31)25(21)33)15-10-19(29)24(32)20(30)11-15/h2-11H,1H3. The third kappa shape index (κ3) is 4.62. The van der Waals surface area contributed by atoms with Crippen molar-refractivity contribution in [3.8, 4) is 28.0 Å². The Hall–Kier alpha value is -3.95. The van der Waals surface area contributed by atoms with Gasteiger partial charge in [0.25, 0.3) is 0 Å². The minimum Gasteiger partial charge on any atom is -0.425 e. The Morgan fingerprint density at radius 2 is 1.08 bits per heavy atom. The first-order valence-electron chi connectivity index (χ1n) is 10.2. The van der Waals surface area contributed by atoms with Crippen LogP contribution >= 0.6 is 0 Å². The lowest BCUT2D eigenvalue weighted by Crippen LogP contribution is -2.26. The lowest BCUT2D eigenvalue weighted by molar-refractivity contribution is -0.191. The molecule has 0 aliphatic rings. The average Bonchev–Trinajstić information content (AvgIpc) is 2.80. The van der Waals surface area contributed by atoms with Crippen LogP contribution in [0.3, 0.4) is 0 Å². The Kier molecular flexibility index (Phi) is 6.46. The molecule has 4 aromatic carbocycles. The maximum Gasteiger partial charge on any atom is 0.432 e. The third-order valence-electron chi connectivity index (χ3n) is 5.30. The first-order chi connectivity index (χ1) is 16.9. The summed E-state index contributed by atoms with van der Waals surface area (Å²) >= 11 is 0. The average molecular weight is 512 g/mol. The summed E-state index contributed by atoms with van der Waals surface area (Å²) in [7, 11) is 0. The van der Waals surface area contributed by atoms with Gasteiger partial charge in [0.15, 0.2) is 29.0 Å². The van der Waals surface area contributed by atoms with Crippen LogP contribution in [-0.4, -0.2) is 0 Å². The van der Waals surface area contributed by atoms with Crippen LogP contribution in [0.25, 0.3) is 22.3 Å². The number of hydrogen-bond acceptors (Lipinski definition) is 1. The Bertz CT molecular complexity index is 1420. The van der Waals surface area contributed by atoms with Crippen molar-refractivity contribution >= 4 is 0 Å². The topological polar surface area (TPSA) is 9.23 Å². The summed E-state index contributed by atoms with van der Waals surface area (Å²) < 4.78 is 132. The second kappa shape index (κ2) is 9.25. The highest BCUT2D eigenvalue weighted by Gasteiger charge is 2.42. The van der Waals surface area contributed by atoms with Crippen LogP contribution in [0.5, 0.6) is 5.75 Å². The quantitative estimate of drug-likeness (QED) is 0.193. The molecule has 10 heteroatoms. The fraction of sp³-hybridized carbons (Fsp3) is 0.0769. The molecule has 0 spiro atoms. The SMILES string of the molecule is Cc1ccc(-c2cc(F)c(C(F)(F)Oc3ccc(-c4cc(F)c(F)c(F)c4)c(F)c3F)c(F)c2)cc1. The Labute approximate surface area is 198 Å². The van der Waals surface area contributed by atoms with Gasteiger partial charge in [-0.1, -0.05) is 29.8 Å². The van der Waals surface area contributed by atoms with E-state index in [-0.39, 0.29) is 5.56 Å². The summed E-state index contributed by atoms with van der Waals surface area (Å²) in [6, 6.07) is 9.44. The molecular weight excluding hydrogens is 499 g/mol. The summed E-state index contributed by atoms with van der Waals surface area (Å²) in [6.07, 6.45) is -4.79. The van der Waals surface area contributed by atoms with Crippen LogP contribution in [0, 0.1) is 47.6 Å². The number of hydrogen-bond donors (Lipinski definition) is 0. The lowest BCUT2D eigenvalue weighted by Gasteiger charge is -2.21. The highest BCUT2D eigenvalue weighted by molar-refractivity contribution is 5.66. The number of aryl methyl sites for hydroxylation is 1. The van der Waals surface area contributed by atoms with Crippen LogP contribution in [0.4, 0.5) is 39.5 Å². The Morgan fingerprint density at radius 3 is 1.64 bits per heavy atom. The molecule has 0 saturated carbocycles. The van der Waals surface area contributed by atoms with E-state index in [0.29, 0.717) is 42.0 Å². The van der Waals surface area contributed by atoms with Gasteiger partial charge in [-0.3, -0.25) is 0 Å². The molecular formula is C26H13F9O. The Balaban J connectivity index is 1.69. The van der Waals surface area contributed by atoms with E-state index in [1.165, 1.54) is 12.1 Å². The van der Waals surface area contributed by atoms with E-state index in [0.717, 1.165) is 5.56 Å².